The molecule has 0 aromatic heterocycles. The maximum Gasteiger partial charge on any atom is 0.472 e. The quantitative estimate of drug-likeness (QED) is 0.0358. The second kappa shape index (κ2) is 31.0. The molecular formula is C35H61O8P. The summed E-state index contributed by atoms with van der Waals surface area (Å²) in [5, 5.41) is 0. The van der Waals surface area contributed by atoms with Gasteiger partial charge < -0.3 is 14.4 Å². The molecule has 0 aromatic rings. The van der Waals surface area contributed by atoms with Gasteiger partial charge >= 0.3 is 19.8 Å². The fourth-order valence-electron chi connectivity index (χ4n) is 4.20. The Bertz CT molecular complexity index is 865. The Kier molecular flexibility index (Phi) is 29.6. The van der Waals surface area contributed by atoms with Crippen molar-refractivity contribution in [3.05, 3.63) is 48.6 Å². The van der Waals surface area contributed by atoms with Crippen LogP contribution in [0.15, 0.2) is 48.6 Å². The van der Waals surface area contributed by atoms with Crippen molar-refractivity contribution in [1.82, 2.24) is 0 Å². The lowest BCUT2D eigenvalue weighted by atomic mass is 10.1. The van der Waals surface area contributed by atoms with Crippen molar-refractivity contribution >= 4 is 19.8 Å². The van der Waals surface area contributed by atoms with Crippen molar-refractivity contribution < 1.29 is 37.6 Å². The second-order valence-electron chi connectivity index (χ2n) is 10.9. The Morgan fingerprint density at radius 2 is 1.16 bits per heavy atom. The van der Waals surface area contributed by atoms with Crippen molar-refractivity contribution in [2.75, 3.05) is 20.3 Å². The summed E-state index contributed by atoms with van der Waals surface area (Å²) in [7, 11) is -3.21. The van der Waals surface area contributed by atoms with Crippen LogP contribution in [-0.4, -0.2) is 43.3 Å². The van der Waals surface area contributed by atoms with E-state index in [2.05, 4.69) is 67.0 Å². The maximum atomic E-state index is 12.4. The van der Waals surface area contributed by atoms with Gasteiger partial charge in [0.2, 0.25) is 0 Å². The molecular weight excluding hydrogens is 579 g/mol. The topological polar surface area (TPSA) is 108 Å². The third kappa shape index (κ3) is 30.1. The first-order valence-electron chi connectivity index (χ1n) is 16.8. The average Bonchev–Trinajstić information content (AvgIpc) is 3.01. The molecule has 0 aromatic carbocycles. The van der Waals surface area contributed by atoms with E-state index in [-0.39, 0.29) is 19.4 Å². The molecule has 0 aliphatic carbocycles. The van der Waals surface area contributed by atoms with Crippen molar-refractivity contribution in [1.29, 1.82) is 0 Å². The lowest BCUT2D eigenvalue weighted by Gasteiger charge is -2.19. The lowest BCUT2D eigenvalue weighted by Crippen LogP contribution is -2.29. The van der Waals surface area contributed by atoms with Crippen LogP contribution in [0, 0.1) is 0 Å². The molecule has 8 nitrogen and oxygen atoms in total. The van der Waals surface area contributed by atoms with Crippen molar-refractivity contribution in [3.63, 3.8) is 0 Å². The molecule has 254 valence electrons. The van der Waals surface area contributed by atoms with Crippen molar-refractivity contribution in [2.45, 2.75) is 142 Å². The van der Waals surface area contributed by atoms with Crippen LogP contribution in [0.5, 0.6) is 0 Å². The van der Waals surface area contributed by atoms with Crippen molar-refractivity contribution in [2.24, 2.45) is 0 Å². The molecule has 1 N–H and O–H groups in total. The summed E-state index contributed by atoms with van der Waals surface area (Å²) in [5.41, 5.74) is 0. The minimum atomic E-state index is -4.26. The number of unbranched alkanes of at least 4 members (excludes halogenated alkanes) is 11. The molecule has 0 radical (unpaired) electrons. The number of hydrogen-bond donors (Lipinski definition) is 1. The standard InChI is InChI=1S/C35H61O8P/c1-4-6-8-10-12-14-16-17-18-19-20-22-24-26-28-30-35(37)43-33(32-42-44(38,39)40-3)31-41-34(36)29-27-25-23-21-15-13-11-9-7-5-2/h6,8-9,11-12,14,17-18,33H,4-5,7,10,13,15-16,19-32H2,1-3H3,(H,38,39)/b8-6-,11-9-,14-12-,18-17-. The molecule has 0 spiro atoms. The van der Waals surface area contributed by atoms with E-state index >= 15 is 0 Å². The van der Waals surface area contributed by atoms with Crippen LogP contribution in [-0.2, 0) is 32.7 Å². The Morgan fingerprint density at radius 3 is 1.75 bits per heavy atom. The van der Waals surface area contributed by atoms with E-state index in [0.717, 1.165) is 103 Å². The van der Waals surface area contributed by atoms with Gasteiger partial charge in [0.1, 0.15) is 6.61 Å². The normalized spacial score (nSPS) is 14.2. The molecule has 9 heteroatoms. The smallest absolute Gasteiger partial charge is 0.462 e. The Labute approximate surface area is 268 Å². The predicted octanol–water partition coefficient (Wildman–Crippen LogP) is 9.88. The number of hydrogen-bond acceptors (Lipinski definition) is 7. The zero-order valence-electron chi connectivity index (χ0n) is 27.8. The van der Waals surface area contributed by atoms with E-state index < -0.39 is 32.5 Å². The second-order valence-corrected chi connectivity index (χ2v) is 12.5. The van der Waals surface area contributed by atoms with Gasteiger partial charge in [-0.2, -0.15) is 0 Å². The molecule has 0 saturated heterocycles. The first-order valence-corrected chi connectivity index (χ1v) is 18.3. The fraction of sp³-hybridized carbons (Fsp3) is 0.714. The van der Waals surface area contributed by atoms with Gasteiger partial charge in [-0.25, -0.2) is 4.57 Å². The zero-order chi connectivity index (χ0) is 32.6. The largest absolute Gasteiger partial charge is 0.472 e. The van der Waals surface area contributed by atoms with E-state index in [1.807, 2.05) is 0 Å². The fourth-order valence-corrected chi connectivity index (χ4v) is 4.66. The number of carbonyl (C=O) groups excluding carboxylic acids is 2. The third-order valence-electron chi connectivity index (χ3n) is 6.79. The van der Waals surface area contributed by atoms with Gasteiger partial charge in [-0.05, 0) is 64.2 Å². The molecule has 0 rings (SSSR count). The van der Waals surface area contributed by atoms with Crippen LogP contribution < -0.4 is 0 Å². The third-order valence-corrected chi connectivity index (χ3v) is 7.72. The van der Waals surface area contributed by atoms with E-state index in [9.17, 15) is 19.0 Å². The molecule has 0 fully saturated rings. The first kappa shape index (κ1) is 42.0. The Morgan fingerprint density at radius 1 is 0.659 bits per heavy atom. The highest BCUT2D eigenvalue weighted by Gasteiger charge is 2.24. The minimum absolute atomic E-state index is 0.222. The number of carbonyl (C=O) groups is 2. The zero-order valence-corrected chi connectivity index (χ0v) is 28.7. The predicted molar refractivity (Wildman–Crippen MR) is 179 cm³/mol. The number of ether oxygens (including phenoxy) is 2. The number of allylic oxidation sites excluding steroid dienone is 8. The van der Waals surface area contributed by atoms with Gasteiger partial charge in [0.15, 0.2) is 6.10 Å². The van der Waals surface area contributed by atoms with Gasteiger partial charge in [0.25, 0.3) is 0 Å². The SMILES string of the molecule is CC/C=C\C/C=C\C/C=C\CCCCCCCC(=O)OC(COC(=O)CCCCCCC/C=C\CCC)COP(=O)(O)OC. The molecule has 44 heavy (non-hydrogen) atoms. The first-order chi connectivity index (χ1) is 21.3. The van der Waals surface area contributed by atoms with Crippen LogP contribution in [0.25, 0.3) is 0 Å². The van der Waals surface area contributed by atoms with Gasteiger partial charge in [-0.15, -0.1) is 0 Å². The molecule has 0 bridgehead atoms. The van der Waals surface area contributed by atoms with Crippen LogP contribution in [0.3, 0.4) is 0 Å². The summed E-state index contributed by atoms with van der Waals surface area (Å²) in [6, 6.07) is 0. The highest BCUT2D eigenvalue weighted by molar-refractivity contribution is 7.47. The molecule has 0 heterocycles. The Hall–Kier alpha value is -1.99. The average molecular weight is 641 g/mol. The van der Waals surface area contributed by atoms with Crippen LogP contribution in [0.2, 0.25) is 0 Å². The van der Waals surface area contributed by atoms with E-state index in [4.69, 9.17) is 14.0 Å². The van der Waals surface area contributed by atoms with Crippen LogP contribution in [0.4, 0.5) is 0 Å². The van der Waals surface area contributed by atoms with Crippen molar-refractivity contribution in [3.8, 4) is 0 Å². The number of phosphoric acid groups is 1. The van der Waals surface area contributed by atoms with Gasteiger partial charge in [-0.1, -0.05) is 107 Å². The Balaban J connectivity index is 4.17. The summed E-state index contributed by atoms with van der Waals surface area (Å²) in [6.07, 6.45) is 34.5. The summed E-state index contributed by atoms with van der Waals surface area (Å²) in [6.45, 7) is 3.66. The van der Waals surface area contributed by atoms with E-state index in [1.165, 1.54) is 6.42 Å². The molecule has 2 unspecified atom stereocenters. The maximum absolute atomic E-state index is 12.4. The summed E-state index contributed by atoms with van der Waals surface area (Å²) >= 11 is 0. The highest BCUT2D eigenvalue weighted by atomic mass is 31.2. The number of phosphoric ester groups is 1. The summed E-state index contributed by atoms with van der Waals surface area (Å²) in [5.74, 6) is -0.843. The van der Waals surface area contributed by atoms with E-state index in [1.54, 1.807) is 0 Å². The number of rotatable bonds is 30. The molecule has 0 amide bonds. The highest BCUT2D eigenvalue weighted by Crippen LogP contribution is 2.42. The molecule has 0 aliphatic rings. The van der Waals surface area contributed by atoms with Crippen LogP contribution in [0.1, 0.15) is 136 Å². The van der Waals surface area contributed by atoms with E-state index in [0.29, 0.717) is 6.42 Å². The summed E-state index contributed by atoms with van der Waals surface area (Å²) in [4.78, 5) is 34.1. The monoisotopic (exact) mass is 640 g/mol. The minimum Gasteiger partial charge on any atom is -0.462 e. The molecule has 0 saturated carbocycles. The van der Waals surface area contributed by atoms with Gasteiger partial charge in [0, 0.05) is 20.0 Å². The molecule has 0 aliphatic heterocycles. The number of esters is 2. The lowest BCUT2D eigenvalue weighted by molar-refractivity contribution is -0.161. The molecule has 2 atom stereocenters. The van der Waals surface area contributed by atoms with Crippen LogP contribution >= 0.6 is 7.82 Å². The van der Waals surface area contributed by atoms with Gasteiger partial charge in [-0.3, -0.25) is 18.6 Å². The van der Waals surface area contributed by atoms with Gasteiger partial charge in [0.05, 0.1) is 6.61 Å². The summed E-state index contributed by atoms with van der Waals surface area (Å²) < 4.78 is 31.7.